The highest BCUT2D eigenvalue weighted by Gasteiger charge is 2.11. The largest absolute Gasteiger partial charge is 0.507 e. The van der Waals surface area contributed by atoms with Gasteiger partial charge in [0.25, 0.3) is 0 Å². The SMILES string of the molecule is COc1ccc(C(=O)/C=C/c2ccc3c(c2)OCCCO3)c(O)c1. The van der Waals surface area contributed by atoms with E-state index in [2.05, 4.69) is 0 Å². The Morgan fingerprint density at radius 3 is 2.67 bits per heavy atom. The number of ether oxygens (including phenoxy) is 3. The first kappa shape index (κ1) is 15.9. The van der Waals surface area contributed by atoms with E-state index >= 15 is 0 Å². The van der Waals surface area contributed by atoms with E-state index in [4.69, 9.17) is 14.2 Å². The van der Waals surface area contributed by atoms with Gasteiger partial charge in [-0.25, -0.2) is 0 Å². The van der Waals surface area contributed by atoms with E-state index in [0.29, 0.717) is 30.5 Å². The minimum absolute atomic E-state index is 0.109. The summed E-state index contributed by atoms with van der Waals surface area (Å²) < 4.78 is 16.2. The number of carbonyl (C=O) groups is 1. The van der Waals surface area contributed by atoms with Crippen LogP contribution in [-0.2, 0) is 0 Å². The van der Waals surface area contributed by atoms with Crippen LogP contribution in [0.2, 0.25) is 0 Å². The fraction of sp³-hybridized carbons (Fsp3) is 0.211. The Bertz CT molecular complexity index is 779. The molecule has 0 radical (unpaired) electrons. The van der Waals surface area contributed by atoms with Crippen molar-refractivity contribution < 1.29 is 24.1 Å². The highest BCUT2D eigenvalue weighted by atomic mass is 16.5. The Labute approximate surface area is 140 Å². The molecule has 1 heterocycles. The van der Waals surface area contributed by atoms with E-state index in [9.17, 15) is 9.90 Å². The smallest absolute Gasteiger partial charge is 0.189 e. The molecule has 2 aromatic rings. The number of rotatable bonds is 4. The molecule has 0 saturated carbocycles. The Balaban J connectivity index is 1.78. The summed E-state index contributed by atoms with van der Waals surface area (Å²) in [5.74, 6) is 1.49. The summed E-state index contributed by atoms with van der Waals surface area (Å²) in [5, 5.41) is 9.91. The van der Waals surface area contributed by atoms with Gasteiger partial charge < -0.3 is 19.3 Å². The quantitative estimate of drug-likeness (QED) is 0.688. The third-order valence-corrected chi connectivity index (χ3v) is 3.67. The lowest BCUT2D eigenvalue weighted by Crippen LogP contribution is -1.97. The van der Waals surface area contributed by atoms with Crippen LogP contribution in [0.1, 0.15) is 22.3 Å². The highest BCUT2D eigenvalue weighted by molar-refractivity contribution is 6.08. The zero-order valence-electron chi connectivity index (χ0n) is 13.3. The molecule has 0 aromatic heterocycles. The van der Waals surface area contributed by atoms with Crippen LogP contribution < -0.4 is 14.2 Å². The van der Waals surface area contributed by atoms with E-state index < -0.39 is 0 Å². The molecule has 0 amide bonds. The topological polar surface area (TPSA) is 65.0 Å². The van der Waals surface area contributed by atoms with Crippen molar-refractivity contribution in [2.75, 3.05) is 20.3 Å². The lowest BCUT2D eigenvalue weighted by Gasteiger charge is -2.07. The van der Waals surface area contributed by atoms with Crippen LogP contribution in [0.4, 0.5) is 0 Å². The third kappa shape index (κ3) is 3.51. The van der Waals surface area contributed by atoms with Gasteiger partial charge in [-0.2, -0.15) is 0 Å². The maximum atomic E-state index is 12.2. The van der Waals surface area contributed by atoms with Gasteiger partial charge in [-0.3, -0.25) is 4.79 Å². The minimum atomic E-state index is -0.290. The molecule has 0 unspecified atom stereocenters. The third-order valence-electron chi connectivity index (χ3n) is 3.67. The normalized spacial score (nSPS) is 13.5. The molecule has 3 rings (SSSR count). The number of phenols is 1. The first-order chi connectivity index (χ1) is 11.7. The van der Waals surface area contributed by atoms with E-state index in [1.54, 1.807) is 12.1 Å². The fourth-order valence-electron chi connectivity index (χ4n) is 2.39. The number of allylic oxidation sites excluding steroid dienone is 1. The fourth-order valence-corrected chi connectivity index (χ4v) is 2.39. The number of methoxy groups -OCH3 is 1. The molecule has 2 aromatic carbocycles. The second-order valence-electron chi connectivity index (χ2n) is 5.34. The van der Waals surface area contributed by atoms with Gasteiger partial charge in [0.1, 0.15) is 11.5 Å². The molecule has 0 aliphatic carbocycles. The Morgan fingerprint density at radius 1 is 1.12 bits per heavy atom. The van der Waals surface area contributed by atoms with Crippen molar-refractivity contribution in [2.24, 2.45) is 0 Å². The molecule has 1 N–H and O–H groups in total. The molecule has 24 heavy (non-hydrogen) atoms. The number of hydrogen-bond acceptors (Lipinski definition) is 5. The van der Waals surface area contributed by atoms with Crippen LogP contribution in [0.15, 0.2) is 42.5 Å². The predicted molar refractivity (Wildman–Crippen MR) is 90.1 cm³/mol. The van der Waals surface area contributed by atoms with Crippen LogP contribution in [0, 0.1) is 0 Å². The van der Waals surface area contributed by atoms with Crippen molar-refractivity contribution in [1.29, 1.82) is 0 Å². The summed E-state index contributed by atoms with van der Waals surface area (Å²) >= 11 is 0. The molecule has 5 nitrogen and oxygen atoms in total. The summed E-state index contributed by atoms with van der Waals surface area (Å²) in [6, 6.07) is 10.1. The maximum Gasteiger partial charge on any atom is 0.189 e. The molecule has 0 bridgehead atoms. The number of hydrogen-bond donors (Lipinski definition) is 1. The highest BCUT2D eigenvalue weighted by Crippen LogP contribution is 2.31. The van der Waals surface area contributed by atoms with E-state index in [1.165, 1.54) is 25.3 Å². The Morgan fingerprint density at radius 2 is 1.92 bits per heavy atom. The molecule has 1 aliphatic rings. The maximum absolute atomic E-state index is 12.2. The van der Waals surface area contributed by atoms with Crippen LogP contribution in [0.25, 0.3) is 6.08 Å². The molecule has 0 saturated heterocycles. The van der Waals surface area contributed by atoms with Gasteiger partial charge in [-0.15, -0.1) is 0 Å². The number of phenolic OH excluding ortho intramolecular Hbond substituents is 1. The zero-order chi connectivity index (χ0) is 16.9. The number of carbonyl (C=O) groups excluding carboxylic acids is 1. The van der Waals surface area contributed by atoms with Crippen molar-refractivity contribution in [3.63, 3.8) is 0 Å². The van der Waals surface area contributed by atoms with Crippen molar-refractivity contribution >= 4 is 11.9 Å². The molecule has 0 spiro atoms. The molecular weight excluding hydrogens is 308 g/mol. The molecule has 124 valence electrons. The summed E-state index contributed by atoms with van der Waals surface area (Å²) in [6.45, 7) is 1.25. The summed E-state index contributed by atoms with van der Waals surface area (Å²) in [5.41, 5.74) is 1.04. The van der Waals surface area contributed by atoms with Gasteiger partial charge in [-0.05, 0) is 35.9 Å². The average Bonchev–Trinajstić information content (AvgIpc) is 2.84. The predicted octanol–water partition coefficient (Wildman–Crippen LogP) is 3.46. The van der Waals surface area contributed by atoms with Gasteiger partial charge in [-0.1, -0.05) is 12.1 Å². The standard InChI is InChI=1S/C19H18O5/c1-22-14-5-6-15(17(21)12-14)16(20)7-3-13-4-8-18-19(11-13)24-10-2-9-23-18/h3-8,11-12,21H,2,9-10H2,1H3/b7-3+. The average molecular weight is 326 g/mol. The summed E-state index contributed by atoms with van der Waals surface area (Å²) in [4.78, 5) is 12.2. The summed E-state index contributed by atoms with van der Waals surface area (Å²) in [6.07, 6.45) is 3.94. The van der Waals surface area contributed by atoms with Crippen LogP contribution in [0.5, 0.6) is 23.0 Å². The monoisotopic (exact) mass is 326 g/mol. The van der Waals surface area contributed by atoms with Gasteiger partial charge >= 0.3 is 0 Å². The van der Waals surface area contributed by atoms with Crippen LogP contribution >= 0.6 is 0 Å². The first-order valence-corrected chi connectivity index (χ1v) is 7.66. The van der Waals surface area contributed by atoms with Gasteiger partial charge in [0.15, 0.2) is 17.3 Å². The van der Waals surface area contributed by atoms with Crippen LogP contribution in [-0.4, -0.2) is 31.2 Å². The molecular formula is C19H18O5. The number of fused-ring (bicyclic) bond motifs is 1. The second-order valence-corrected chi connectivity index (χ2v) is 5.34. The Hall–Kier alpha value is -2.95. The number of benzene rings is 2. The van der Waals surface area contributed by atoms with E-state index in [-0.39, 0.29) is 17.1 Å². The minimum Gasteiger partial charge on any atom is -0.507 e. The zero-order valence-corrected chi connectivity index (χ0v) is 13.3. The van der Waals surface area contributed by atoms with Crippen molar-refractivity contribution in [3.05, 3.63) is 53.6 Å². The number of aromatic hydroxyl groups is 1. The Kier molecular flexibility index (Phi) is 4.70. The van der Waals surface area contributed by atoms with Crippen LogP contribution in [0.3, 0.4) is 0 Å². The van der Waals surface area contributed by atoms with Gasteiger partial charge in [0.2, 0.25) is 0 Å². The molecule has 1 aliphatic heterocycles. The first-order valence-electron chi connectivity index (χ1n) is 7.66. The lowest BCUT2D eigenvalue weighted by atomic mass is 10.1. The van der Waals surface area contributed by atoms with Crippen molar-refractivity contribution in [3.8, 4) is 23.0 Å². The summed E-state index contributed by atoms with van der Waals surface area (Å²) in [7, 11) is 1.50. The lowest BCUT2D eigenvalue weighted by molar-refractivity contribution is 0.104. The molecule has 5 heteroatoms. The van der Waals surface area contributed by atoms with E-state index in [0.717, 1.165) is 12.0 Å². The van der Waals surface area contributed by atoms with Gasteiger partial charge in [0, 0.05) is 12.5 Å². The molecule has 0 fully saturated rings. The second kappa shape index (κ2) is 7.08. The number of ketones is 1. The van der Waals surface area contributed by atoms with Crippen molar-refractivity contribution in [1.82, 2.24) is 0 Å². The van der Waals surface area contributed by atoms with Crippen molar-refractivity contribution in [2.45, 2.75) is 6.42 Å². The van der Waals surface area contributed by atoms with E-state index in [1.807, 2.05) is 18.2 Å². The van der Waals surface area contributed by atoms with Gasteiger partial charge in [0.05, 0.1) is 25.9 Å². The molecule has 0 atom stereocenters.